The molecule has 0 bridgehead atoms. The number of rotatable bonds is 5. The van der Waals surface area contributed by atoms with Gasteiger partial charge in [-0.2, -0.15) is 0 Å². The maximum Gasteiger partial charge on any atom is 0.223 e. The van der Waals surface area contributed by atoms with Gasteiger partial charge >= 0.3 is 0 Å². The average Bonchev–Trinajstić information content (AvgIpc) is 2.30. The van der Waals surface area contributed by atoms with Crippen molar-refractivity contribution in [2.45, 2.75) is 13.3 Å². The number of nitrogen functional groups attached to an aromatic ring is 1. The van der Waals surface area contributed by atoms with Crippen molar-refractivity contribution in [2.75, 3.05) is 19.4 Å². The molecule has 0 aliphatic heterocycles. The second kappa shape index (κ2) is 5.89. The Balaban J connectivity index is 2.70. The molecule has 0 aliphatic rings. The molecule has 0 aromatic heterocycles. The summed E-state index contributed by atoms with van der Waals surface area (Å²) in [4.78, 5) is 22.4. The van der Waals surface area contributed by atoms with Gasteiger partial charge < -0.3 is 15.8 Å². The van der Waals surface area contributed by atoms with Crippen LogP contribution in [0.2, 0.25) is 0 Å². The number of benzene rings is 1. The summed E-state index contributed by atoms with van der Waals surface area (Å²) in [5.41, 5.74) is 6.53. The normalized spacial score (nSPS) is 9.76. The molecule has 0 radical (unpaired) electrons. The third-order valence-electron chi connectivity index (χ3n) is 2.25. The fourth-order valence-electron chi connectivity index (χ4n) is 1.33. The van der Waals surface area contributed by atoms with Crippen LogP contribution in [0.15, 0.2) is 18.2 Å². The van der Waals surface area contributed by atoms with Crippen molar-refractivity contribution in [1.29, 1.82) is 0 Å². The average molecular weight is 236 g/mol. The first kappa shape index (κ1) is 13.0. The number of ether oxygens (including phenoxy) is 1. The van der Waals surface area contributed by atoms with E-state index in [9.17, 15) is 9.59 Å². The van der Waals surface area contributed by atoms with Gasteiger partial charge in [-0.15, -0.1) is 0 Å². The van der Waals surface area contributed by atoms with Crippen LogP contribution in [0.5, 0.6) is 5.75 Å². The molecule has 5 heteroatoms. The maximum atomic E-state index is 11.4. The van der Waals surface area contributed by atoms with E-state index in [0.29, 0.717) is 17.0 Å². The summed E-state index contributed by atoms with van der Waals surface area (Å²) in [5, 5.41) is 2.49. The number of hydrogen-bond acceptors (Lipinski definition) is 4. The Morgan fingerprint density at radius 1 is 1.41 bits per heavy atom. The maximum absolute atomic E-state index is 11.4. The molecule has 0 atom stereocenters. The molecule has 5 nitrogen and oxygen atoms in total. The van der Waals surface area contributed by atoms with Gasteiger partial charge in [0, 0.05) is 12.7 Å². The molecule has 1 rings (SSSR count). The quantitative estimate of drug-likeness (QED) is 0.590. The van der Waals surface area contributed by atoms with E-state index in [-0.39, 0.29) is 24.7 Å². The van der Waals surface area contributed by atoms with Gasteiger partial charge in [0.15, 0.2) is 5.78 Å². The van der Waals surface area contributed by atoms with Crippen molar-refractivity contribution in [3.63, 3.8) is 0 Å². The molecule has 17 heavy (non-hydrogen) atoms. The predicted molar refractivity (Wildman–Crippen MR) is 65.0 cm³/mol. The monoisotopic (exact) mass is 236 g/mol. The number of anilines is 1. The van der Waals surface area contributed by atoms with Crippen LogP contribution in [0.25, 0.3) is 0 Å². The first-order valence-electron chi connectivity index (χ1n) is 5.28. The van der Waals surface area contributed by atoms with Gasteiger partial charge in [0.1, 0.15) is 5.75 Å². The largest absolute Gasteiger partial charge is 0.492 e. The number of hydrogen-bond donors (Lipinski definition) is 2. The Morgan fingerprint density at radius 3 is 2.71 bits per heavy atom. The zero-order valence-corrected chi connectivity index (χ0v) is 9.95. The zero-order chi connectivity index (χ0) is 12.8. The molecule has 0 saturated carbocycles. The molecule has 1 aromatic carbocycles. The van der Waals surface area contributed by atoms with Gasteiger partial charge in [-0.1, -0.05) is 0 Å². The van der Waals surface area contributed by atoms with E-state index in [1.54, 1.807) is 25.2 Å². The second-order valence-electron chi connectivity index (χ2n) is 3.58. The van der Waals surface area contributed by atoms with E-state index in [1.165, 1.54) is 6.92 Å². The Morgan fingerprint density at radius 2 is 2.12 bits per heavy atom. The van der Waals surface area contributed by atoms with Crippen molar-refractivity contribution in [3.05, 3.63) is 23.8 Å². The van der Waals surface area contributed by atoms with Crippen LogP contribution in [0.4, 0.5) is 5.69 Å². The van der Waals surface area contributed by atoms with Crippen LogP contribution in [-0.2, 0) is 4.79 Å². The van der Waals surface area contributed by atoms with Crippen molar-refractivity contribution in [2.24, 2.45) is 0 Å². The second-order valence-corrected chi connectivity index (χ2v) is 3.58. The van der Waals surface area contributed by atoms with E-state index in [0.717, 1.165) is 0 Å². The molecule has 1 aromatic rings. The summed E-state index contributed by atoms with van der Waals surface area (Å²) in [6.07, 6.45) is 0.248. The lowest BCUT2D eigenvalue weighted by molar-refractivity contribution is -0.121. The first-order chi connectivity index (χ1) is 8.04. The van der Waals surface area contributed by atoms with Crippen LogP contribution in [0, 0.1) is 0 Å². The fraction of sp³-hybridized carbons (Fsp3) is 0.333. The lowest BCUT2D eigenvalue weighted by Crippen LogP contribution is -2.20. The van der Waals surface area contributed by atoms with Gasteiger partial charge in [-0.05, 0) is 25.1 Å². The molecule has 0 fully saturated rings. The van der Waals surface area contributed by atoms with E-state index in [2.05, 4.69) is 5.32 Å². The Bertz CT molecular complexity index is 430. The molecular formula is C12H16N2O3. The molecule has 0 aliphatic carbocycles. The van der Waals surface area contributed by atoms with Gasteiger partial charge in [-0.25, -0.2) is 0 Å². The predicted octanol–water partition coefficient (Wildman–Crippen LogP) is 0.986. The summed E-state index contributed by atoms with van der Waals surface area (Å²) in [6.45, 7) is 1.67. The molecule has 1 amide bonds. The minimum absolute atomic E-state index is 0.107. The topological polar surface area (TPSA) is 81.4 Å². The third-order valence-corrected chi connectivity index (χ3v) is 2.25. The lowest BCUT2D eigenvalue weighted by atomic mass is 10.1. The molecule has 0 saturated heterocycles. The van der Waals surface area contributed by atoms with Crippen molar-refractivity contribution >= 4 is 17.4 Å². The van der Waals surface area contributed by atoms with Crippen LogP contribution >= 0.6 is 0 Å². The Hall–Kier alpha value is -2.04. The van der Waals surface area contributed by atoms with Gasteiger partial charge in [0.2, 0.25) is 5.91 Å². The Labute approximate surface area is 99.9 Å². The molecular weight excluding hydrogens is 220 g/mol. The summed E-state index contributed by atoms with van der Waals surface area (Å²) < 4.78 is 5.39. The highest BCUT2D eigenvalue weighted by atomic mass is 16.5. The highest BCUT2D eigenvalue weighted by Crippen LogP contribution is 2.22. The molecule has 92 valence electrons. The first-order valence-corrected chi connectivity index (χ1v) is 5.28. The van der Waals surface area contributed by atoms with E-state index in [1.807, 2.05) is 0 Å². The lowest BCUT2D eigenvalue weighted by Gasteiger charge is -2.10. The Kier molecular flexibility index (Phi) is 4.51. The van der Waals surface area contributed by atoms with Gasteiger partial charge in [0.05, 0.1) is 18.6 Å². The van der Waals surface area contributed by atoms with E-state index < -0.39 is 0 Å². The van der Waals surface area contributed by atoms with Crippen LogP contribution in [0.3, 0.4) is 0 Å². The van der Waals surface area contributed by atoms with Gasteiger partial charge in [0.25, 0.3) is 0 Å². The van der Waals surface area contributed by atoms with Crippen molar-refractivity contribution < 1.29 is 14.3 Å². The summed E-state index contributed by atoms with van der Waals surface area (Å²) in [5.74, 6) is 0.229. The van der Waals surface area contributed by atoms with Crippen LogP contribution in [-0.4, -0.2) is 25.3 Å². The van der Waals surface area contributed by atoms with Crippen LogP contribution < -0.4 is 15.8 Å². The third kappa shape index (κ3) is 3.79. The number of amides is 1. The SMILES string of the molecule is CNC(=O)CCOc1ccc(N)cc1C(C)=O. The van der Waals surface area contributed by atoms with Gasteiger partial charge in [-0.3, -0.25) is 9.59 Å². The minimum Gasteiger partial charge on any atom is -0.492 e. The summed E-state index contributed by atoms with van der Waals surface area (Å²) in [7, 11) is 1.56. The number of carbonyl (C=O) groups excluding carboxylic acids is 2. The number of nitrogens with one attached hydrogen (secondary N) is 1. The standard InChI is InChI=1S/C12H16N2O3/c1-8(15)10-7-9(13)3-4-11(10)17-6-5-12(16)14-2/h3-4,7H,5-6,13H2,1-2H3,(H,14,16). The van der Waals surface area contributed by atoms with Crippen molar-refractivity contribution in [1.82, 2.24) is 5.32 Å². The van der Waals surface area contributed by atoms with Crippen molar-refractivity contribution in [3.8, 4) is 5.75 Å². The highest BCUT2D eigenvalue weighted by Gasteiger charge is 2.09. The van der Waals surface area contributed by atoms with Crippen LogP contribution in [0.1, 0.15) is 23.7 Å². The molecule has 0 unspecified atom stereocenters. The fourth-order valence-corrected chi connectivity index (χ4v) is 1.33. The summed E-state index contributed by atoms with van der Waals surface area (Å²) in [6, 6.07) is 4.86. The molecule has 0 spiro atoms. The number of nitrogens with two attached hydrogens (primary N) is 1. The smallest absolute Gasteiger partial charge is 0.223 e. The number of Topliss-reactive ketones (excluding diaryl/α,β-unsaturated/α-hetero) is 1. The minimum atomic E-state index is -0.118. The summed E-state index contributed by atoms with van der Waals surface area (Å²) >= 11 is 0. The molecule has 0 heterocycles. The van der Waals surface area contributed by atoms with E-state index >= 15 is 0 Å². The number of ketones is 1. The number of carbonyl (C=O) groups is 2. The zero-order valence-electron chi connectivity index (χ0n) is 9.95. The van der Waals surface area contributed by atoms with E-state index in [4.69, 9.17) is 10.5 Å². The highest BCUT2D eigenvalue weighted by molar-refractivity contribution is 5.97. The molecule has 3 N–H and O–H groups in total.